The topological polar surface area (TPSA) is 120 Å². The molecule has 0 fully saturated rings. The Morgan fingerprint density at radius 3 is 2.51 bits per heavy atom. The van der Waals surface area contributed by atoms with Crippen LogP contribution in [0.5, 0.6) is 5.75 Å². The number of likely N-dealkylation sites (N-methyl/N-ethyl adjacent to an activating group) is 1. The third kappa shape index (κ3) is 12.2. The zero-order valence-electron chi connectivity index (χ0n) is 26.0. The van der Waals surface area contributed by atoms with Crippen molar-refractivity contribution in [2.75, 3.05) is 38.7 Å². The summed E-state index contributed by atoms with van der Waals surface area (Å²) in [6.45, 7) is 9.26. The third-order valence-electron chi connectivity index (χ3n) is 7.23. The number of carbonyl (C=O) groups excluding carboxylic acids is 3. The maximum Gasteiger partial charge on any atom is 0.389 e. The summed E-state index contributed by atoms with van der Waals surface area (Å²) in [7, 11) is 1.44. The number of amides is 4. The first-order valence-corrected chi connectivity index (χ1v) is 14.8. The quantitative estimate of drug-likeness (QED) is 0.386. The lowest BCUT2D eigenvalue weighted by atomic mass is 10.0. The second-order valence-electron chi connectivity index (χ2n) is 11.7. The number of ether oxygens (including phenoxy) is 2. The average molecular weight is 617 g/mol. The van der Waals surface area contributed by atoms with Gasteiger partial charge >= 0.3 is 12.2 Å². The number of hydrogen-bond donors (Lipinski definition) is 3. The molecule has 244 valence electrons. The number of halogens is 3. The van der Waals surface area contributed by atoms with Gasteiger partial charge in [-0.25, -0.2) is 4.79 Å². The number of benzene rings is 1. The van der Waals surface area contributed by atoms with Gasteiger partial charge in [-0.15, -0.1) is 0 Å². The molecule has 1 aliphatic heterocycles. The van der Waals surface area contributed by atoms with E-state index in [1.54, 1.807) is 25.1 Å². The number of alkyl halides is 3. The predicted molar refractivity (Wildman–Crippen MR) is 157 cm³/mol. The summed E-state index contributed by atoms with van der Waals surface area (Å²) < 4.78 is 50.4. The molecule has 2 rings (SSSR count). The second kappa shape index (κ2) is 16.7. The minimum absolute atomic E-state index is 0.0442. The Morgan fingerprint density at radius 1 is 1.19 bits per heavy atom. The number of aliphatic hydroxyl groups excluding tert-OH is 1. The maximum atomic E-state index is 14.1. The van der Waals surface area contributed by atoms with Crippen LogP contribution in [0.3, 0.4) is 0 Å². The molecule has 3 N–H and O–H groups in total. The summed E-state index contributed by atoms with van der Waals surface area (Å²) in [4.78, 5) is 41.6. The summed E-state index contributed by atoms with van der Waals surface area (Å²) in [6, 6.07) is 3.69. The van der Waals surface area contributed by atoms with E-state index in [2.05, 4.69) is 10.6 Å². The SMILES string of the molecule is CC(C)NC(=O)Nc1ccc2c(c1)C(=O)N([C@@H](C)CO)C[C@H](C)[C@@H](CN(C)C(=O)CCC(F)(F)F)OCCCC[C@H](C)O2. The van der Waals surface area contributed by atoms with E-state index in [0.717, 1.165) is 6.42 Å². The van der Waals surface area contributed by atoms with Crippen molar-refractivity contribution in [3.8, 4) is 5.75 Å². The number of fused-ring (bicyclic) bond motifs is 1. The van der Waals surface area contributed by atoms with Crippen molar-refractivity contribution < 1.29 is 42.1 Å². The fourth-order valence-electron chi connectivity index (χ4n) is 4.70. The number of nitrogens with one attached hydrogen (secondary N) is 2. The minimum atomic E-state index is -4.43. The van der Waals surface area contributed by atoms with Crippen LogP contribution in [-0.4, -0.2) is 96.6 Å². The van der Waals surface area contributed by atoms with Crippen molar-refractivity contribution in [1.82, 2.24) is 15.1 Å². The van der Waals surface area contributed by atoms with Gasteiger partial charge in [0, 0.05) is 50.8 Å². The van der Waals surface area contributed by atoms with E-state index in [0.29, 0.717) is 30.9 Å². The van der Waals surface area contributed by atoms with Gasteiger partial charge in [0.05, 0.1) is 36.8 Å². The number of hydrogen-bond acceptors (Lipinski definition) is 6. The molecule has 0 aromatic heterocycles. The third-order valence-corrected chi connectivity index (χ3v) is 7.23. The molecular weight excluding hydrogens is 569 g/mol. The van der Waals surface area contributed by atoms with Crippen molar-refractivity contribution in [1.29, 1.82) is 0 Å². The van der Waals surface area contributed by atoms with Crippen LogP contribution in [0.25, 0.3) is 0 Å². The molecule has 1 aromatic rings. The largest absolute Gasteiger partial charge is 0.490 e. The second-order valence-corrected chi connectivity index (χ2v) is 11.7. The summed E-state index contributed by atoms with van der Waals surface area (Å²) in [5.41, 5.74) is 0.586. The van der Waals surface area contributed by atoms with Crippen LogP contribution < -0.4 is 15.4 Å². The maximum absolute atomic E-state index is 14.1. The predicted octanol–water partition coefficient (Wildman–Crippen LogP) is 4.81. The van der Waals surface area contributed by atoms with Gasteiger partial charge in [0.25, 0.3) is 5.91 Å². The Labute approximate surface area is 252 Å². The molecule has 1 heterocycles. The van der Waals surface area contributed by atoms with E-state index in [1.165, 1.54) is 16.8 Å². The highest BCUT2D eigenvalue weighted by Crippen LogP contribution is 2.29. The highest BCUT2D eigenvalue weighted by molar-refractivity contribution is 5.99. The Bertz CT molecular complexity index is 1070. The van der Waals surface area contributed by atoms with Crippen LogP contribution in [0.15, 0.2) is 18.2 Å². The molecule has 1 aliphatic rings. The Hall–Kier alpha value is -3.06. The van der Waals surface area contributed by atoms with E-state index in [9.17, 15) is 32.7 Å². The van der Waals surface area contributed by atoms with Crippen LogP contribution in [0.4, 0.5) is 23.7 Å². The molecule has 4 amide bonds. The van der Waals surface area contributed by atoms with Gasteiger partial charge in [-0.3, -0.25) is 9.59 Å². The molecule has 0 unspecified atom stereocenters. The van der Waals surface area contributed by atoms with Gasteiger partial charge in [-0.1, -0.05) is 6.92 Å². The number of urea groups is 1. The fourth-order valence-corrected chi connectivity index (χ4v) is 4.70. The van der Waals surface area contributed by atoms with Crippen molar-refractivity contribution in [3.05, 3.63) is 23.8 Å². The standard InChI is InChI=1S/C30H47F3N4O6/c1-19(2)34-29(41)35-23-10-11-25-24(15-23)28(40)37(21(4)18-38)16-20(3)26(42-14-8-7-9-22(5)43-25)17-36(6)27(39)12-13-30(31,32)33/h10-11,15,19-22,26,38H,7-9,12-14,16-18H2,1-6H3,(H2,34,35,41)/t20-,21-,22-,26+/m0/s1. The lowest BCUT2D eigenvalue weighted by Gasteiger charge is -2.36. The van der Waals surface area contributed by atoms with Crippen molar-refractivity contribution in [2.45, 2.75) is 97.2 Å². The molecule has 1 aromatic carbocycles. The normalized spacial score (nSPS) is 21.3. The highest BCUT2D eigenvalue weighted by Gasteiger charge is 2.32. The summed E-state index contributed by atoms with van der Waals surface area (Å²) in [5.74, 6) is -1.10. The van der Waals surface area contributed by atoms with E-state index in [1.807, 2.05) is 27.7 Å². The minimum Gasteiger partial charge on any atom is -0.490 e. The Kier molecular flexibility index (Phi) is 14.0. The molecule has 0 spiro atoms. The highest BCUT2D eigenvalue weighted by atomic mass is 19.4. The first-order chi connectivity index (χ1) is 20.1. The average Bonchev–Trinajstić information content (AvgIpc) is 2.92. The molecule has 0 saturated carbocycles. The van der Waals surface area contributed by atoms with Gasteiger partial charge in [-0.05, 0) is 65.2 Å². The van der Waals surface area contributed by atoms with Gasteiger partial charge in [0.15, 0.2) is 0 Å². The zero-order valence-corrected chi connectivity index (χ0v) is 26.0. The van der Waals surface area contributed by atoms with E-state index in [4.69, 9.17) is 9.47 Å². The summed E-state index contributed by atoms with van der Waals surface area (Å²) in [6.07, 6.45) is -5.00. The van der Waals surface area contributed by atoms with E-state index < -0.39 is 49.0 Å². The monoisotopic (exact) mass is 616 g/mol. The molecule has 0 saturated heterocycles. The smallest absolute Gasteiger partial charge is 0.389 e. The van der Waals surface area contributed by atoms with Gasteiger partial charge < -0.3 is 35.0 Å². The number of carbonyl (C=O) groups is 3. The molecule has 0 bridgehead atoms. The summed E-state index contributed by atoms with van der Waals surface area (Å²) >= 11 is 0. The van der Waals surface area contributed by atoms with Crippen LogP contribution >= 0.6 is 0 Å². The molecule has 0 radical (unpaired) electrons. The summed E-state index contributed by atoms with van der Waals surface area (Å²) in [5, 5.41) is 15.5. The lowest BCUT2D eigenvalue weighted by molar-refractivity contribution is -0.149. The van der Waals surface area contributed by atoms with Crippen LogP contribution in [0.2, 0.25) is 0 Å². The van der Waals surface area contributed by atoms with Gasteiger partial charge in [-0.2, -0.15) is 13.2 Å². The van der Waals surface area contributed by atoms with Crippen LogP contribution in [-0.2, 0) is 9.53 Å². The molecule has 0 aliphatic carbocycles. The molecule has 4 atom stereocenters. The first kappa shape index (κ1) is 36.1. The number of anilines is 1. The van der Waals surface area contributed by atoms with Gasteiger partial charge in [0.2, 0.25) is 5.91 Å². The first-order valence-electron chi connectivity index (χ1n) is 14.8. The van der Waals surface area contributed by atoms with E-state index >= 15 is 0 Å². The van der Waals surface area contributed by atoms with Crippen molar-refractivity contribution in [3.63, 3.8) is 0 Å². The molecule has 10 nitrogen and oxygen atoms in total. The van der Waals surface area contributed by atoms with Crippen molar-refractivity contribution in [2.24, 2.45) is 5.92 Å². The zero-order chi connectivity index (χ0) is 32.3. The Balaban J connectivity index is 2.40. The van der Waals surface area contributed by atoms with Crippen molar-refractivity contribution >= 4 is 23.5 Å². The molecule has 43 heavy (non-hydrogen) atoms. The molecular formula is C30H47F3N4O6. The Morgan fingerprint density at radius 2 is 1.88 bits per heavy atom. The number of aliphatic hydroxyl groups is 1. The van der Waals surface area contributed by atoms with Crippen LogP contribution in [0, 0.1) is 5.92 Å². The van der Waals surface area contributed by atoms with Crippen LogP contribution in [0.1, 0.15) is 77.1 Å². The lowest BCUT2D eigenvalue weighted by Crippen LogP contribution is -2.48. The fraction of sp³-hybridized carbons (Fsp3) is 0.700. The van der Waals surface area contributed by atoms with Gasteiger partial charge in [0.1, 0.15) is 5.75 Å². The number of nitrogens with zero attached hydrogens (tertiary/aromatic N) is 2. The van der Waals surface area contributed by atoms with E-state index in [-0.39, 0.29) is 43.3 Å². The molecule has 13 heteroatoms. The number of rotatable bonds is 8.